The number of alkyl halides is 3. The fraction of sp³-hybridized carbons (Fsp3) is 0.235. The number of hydrogen-bond donors (Lipinski definition) is 0. The summed E-state index contributed by atoms with van der Waals surface area (Å²) in [7, 11) is 1.50. The monoisotopic (exact) mass is 339 g/mol. The molecule has 0 saturated carbocycles. The Labute approximate surface area is 137 Å². The third-order valence-corrected chi connectivity index (χ3v) is 4.16. The van der Waals surface area contributed by atoms with Crippen molar-refractivity contribution in [1.29, 1.82) is 0 Å². The highest BCUT2D eigenvalue weighted by Crippen LogP contribution is 2.32. The van der Waals surface area contributed by atoms with Crippen LogP contribution in [0, 0.1) is 0 Å². The maximum Gasteiger partial charge on any atom is 0.416 e. The Bertz CT molecular complexity index is 683. The molecule has 1 amide bonds. The molecule has 0 N–H and O–H groups in total. The first-order valence-electron chi connectivity index (χ1n) is 6.87. The van der Waals surface area contributed by atoms with Crippen molar-refractivity contribution in [2.24, 2.45) is 0 Å². The molecular formula is C17H16F3NOS. The van der Waals surface area contributed by atoms with Gasteiger partial charge in [0.2, 0.25) is 0 Å². The second kappa shape index (κ2) is 7.08. The van der Waals surface area contributed by atoms with Crippen LogP contribution in [0.4, 0.5) is 13.2 Å². The predicted molar refractivity (Wildman–Crippen MR) is 85.5 cm³/mol. The van der Waals surface area contributed by atoms with E-state index in [1.807, 2.05) is 18.4 Å². The molecule has 122 valence electrons. The molecule has 0 saturated heterocycles. The molecule has 0 aromatic heterocycles. The third-order valence-electron chi connectivity index (χ3n) is 3.41. The lowest BCUT2D eigenvalue weighted by Gasteiger charge is -2.20. The Morgan fingerprint density at radius 1 is 1.09 bits per heavy atom. The molecule has 2 aromatic carbocycles. The molecule has 6 heteroatoms. The van der Waals surface area contributed by atoms with Gasteiger partial charge in [0.1, 0.15) is 0 Å². The van der Waals surface area contributed by atoms with Gasteiger partial charge in [-0.1, -0.05) is 18.2 Å². The molecule has 0 unspecified atom stereocenters. The second-order valence-electron chi connectivity index (χ2n) is 5.04. The number of halogens is 3. The summed E-state index contributed by atoms with van der Waals surface area (Å²) in [6, 6.07) is 12.3. The number of thioether (sulfide) groups is 1. The number of carbonyl (C=O) groups excluding carboxylic acids is 1. The van der Waals surface area contributed by atoms with Gasteiger partial charge in [0, 0.05) is 24.1 Å². The molecule has 0 radical (unpaired) electrons. The molecular weight excluding hydrogens is 323 g/mol. The van der Waals surface area contributed by atoms with Crippen molar-refractivity contribution >= 4 is 17.7 Å². The maximum absolute atomic E-state index is 13.0. The molecule has 0 bridgehead atoms. The van der Waals surface area contributed by atoms with Crippen molar-refractivity contribution < 1.29 is 18.0 Å². The highest BCUT2D eigenvalue weighted by atomic mass is 32.2. The van der Waals surface area contributed by atoms with Gasteiger partial charge in [-0.3, -0.25) is 4.79 Å². The molecule has 0 aliphatic rings. The molecule has 0 atom stereocenters. The van der Waals surface area contributed by atoms with Crippen LogP contribution in [0.25, 0.3) is 0 Å². The van der Waals surface area contributed by atoms with E-state index < -0.39 is 11.7 Å². The van der Waals surface area contributed by atoms with Gasteiger partial charge in [0.15, 0.2) is 0 Å². The highest BCUT2D eigenvalue weighted by Gasteiger charge is 2.33. The van der Waals surface area contributed by atoms with E-state index >= 15 is 0 Å². The van der Waals surface area contributed by atoms with Gasteiger partial charge >= 0.3 is 6.18 Å². The van der Waals surface area contributed by atoms with Crippen LogP contribution < -0.4 is 0 Å². The van der Waals surface area contributed by atoms with Gasteiger partial charge in [-0.05, 0) is 42.2 Å². The van der Waals surface area contributed by atoms with E-state index in [2.05, 4.69) is 0 Å². The van der Waals surface area contributed by atoms with E-state index in [0.717, 1.165) is 11.0 Å². The lowest BCUT2D eigenvalue weighted by atomic mass is 10.1. The van der Waals surface area contributed by atoms with Crippen molar-refractivity contribution in [1.82, 2.24) is 4.90 Å². The van der Waals surface area contributed by atoms with E-state index in [9.17, 15) is 18.0 Å². The molecule has 0 fully saturated rings. The van der Waals surface area contributed by atoms with E-state index in [1.54, 1.807) is 23.9 Å². The first-order valence-corrected chi connectivity index (χ1v) is 8.10. The minimum Gasteiger partial charge on any atom is -0.337 e. The van der Waals surface area contributed by atoms with Crippen LogP contribution in [0.2, 0.25) is 0 Å². The average Bonchev–Trinajstić information content (AvgIpc) is 2.53. The number of amides is 1. The summed E-state index contributed by atoms with van der Waals surface area (Å²) in [5.74, 6) is -0.311. The number of nitrogens with zero attached hydrogens (tertiary/aromatic N) is 1. The van der Waals surface area contributed by atoms with Gasteiger partial charge in [0.05, 0.1) is 5.56 Å². The quantitative estimate of drug-likeness (QED) is 0.753. The van der Waals surface area contributed by atoms with Crippen LogP contribution in [0.15, 0.2) is 53.4 Å². The zero-order valence-electron chi connectivity index (χ0n) is 12.7. The smallest absolute Gasteiger partial charge is 0.337 e. The van der Waals surface area contributed by atoms with Crippen LogP contribution in [0.1, 0.15) is 21.5 Å². The molecule has 0 aliphatic heterocycles. The van der Waals surface area contributed by atoms with Gasteiger partial charge in [0.25, 0.3) is 5.91 Å². The number of carbonyl (C=O) groups is 1. The number of benzene rings is 2. The van der Waals surface area contributed by atoms with Gasteiger partial charge in [-0.25, -0.2) is 0 Å². The van der Waals surface area contributed by atoms with E-state index in [1.165, 1.54) is 30.1 Å². The minimum absolute atomic E-state index is 0.0802. The fourth-order valence-corrected chi connectivity index (χ4v) is 2.62. The fourth-order valence-electron chi connectivity index (χ4n) is 2.22. The summed E-state index contributed by atoms with van der Waals surface area (Å²) in [5.41, 5.74) is -0.177. The summed E-state index contributed by atoms with van der Waals surface area (Å²) in [5, 5.41) is 0. The Morgan fingerprint density at radius 3 is 2.26 bits per heavy atom. The van der Waals surface area contributed by atoms with Crippen molar-refractivity contribution in [3.63, 3.8) is 0 Å². The van der Waals surface area contributed by atoms with Crippen molar-refractivity contribution in [2.45, 2.75) is 17.6 Å². The van der Waals surface area contributed by atoms with E-state index in [-0.39, 0.29) is 18.0 Å². The molecule has 0 spiro atoms. The van der Waals surface area contributed by atoms with Crippen LogP contribution >= 0.6 is 11.8 Å². The third kappa shape index (κ3) is 4.28. The van der Waals surface area contributed by atoms with Crippen molar-refractivity contribution in [3.8, 4) is 0 Å². The van der Waals surface area contributed by atoms with Crippen LogP contribution in [0.5, 0.6) is 0 Å². The van der Waals surface area contributed by atoms with Crippen molar-refractivity contribution in [2.75, 3.05) is 13.3 Å². The van der Waals surface area contributed by atoms with E-state index in [0.29, 0.717) is 5.56 Å². The topological polar surface area (TPSA) is 20.3 Å². The Kier molecular flexibility index (Phi) is 5.36. The Balaban J connectivity index is 2.18. The lowest BCUT2D eigenvalue weighted by molar-refractivity contribution is -0.138. The van der Waals surface area contributed by atoms with Crippen LogP contribution in [-0.2, 0) is 12.7 Å². The number of rotatable bonds is 4. The first-order chi connectivity index (χ1) is 10.8. The zero-order chi connectivity index (χ0) is 17.0. The summed E-state index contributed by atoms with van der Waals surface area (Å²) < 4.78 is 39.0. The van der Waals surface area contributed by atoms with Crippen LogP contribution in [0.3, 0.4) is 0 Å². The Hall–Kier alpha value is -1.95. The number of hydrogen-bond acceptors (Lipinski definition) is 2. The largest absolute Gasteiger partial charge is 0.416 e. The van der Waals surface area contributed by atoms with Gasteiger partial charge in [-0.2, -0.15) is 13.2 Å². The highest BCUT2D eigenvalue weighted by molar-refractivity contribution is 7.98. The SMILES string of the molecule is CSc1ccc(C(=O)N(C)Cc2ccccc2C(F)(F)F)cc1. The summed E-state index contributed by atoms with van der Waals surface area (Å²) in [4.78, 5) is 14.7. The Morgan fingerprint density at radius 2 is 1.70 bits per heavy atom. The second-order valence-corrected chi connectivity index (χ2v) is 5.92. The molecule has 2 aromatic rings. The van der Waals surface area contributed by atoms with E-state index in [4.69, 9.17) is 0 Å². The van der Waals surface area contributed by atoms with Gasteiger partial charge in [-0.15, -0.1) is 11.8 Å². The first kappa shape index (κ1) is 17.4. The summed E-state index contributed by atoms with van der Waals surface area (Å²) in [6.07, 6.45) is -2.50. The van der Waals surface area contributed by atoms with Crippen LogP contribution in [-0.4, -0.2) is 24.1 Å². The average molecular weight is 339 g/mol. The standard InChI is InChI=1S/C17H16F3NOS/c1-21(16(22)12-7-9-14(23-2)10-8-12)11-13-5-3-4-6-15(13)17(18,19)20/h3-10H,11H2,1-2H3. The lowest BCUT2D eigenvalue weighted by Crippen LogP contribution is -2.27. The van der Waals surface area contributed by atoms with Gasteiger partial charge < -0.3 is 4.90 Å². The summed E-state index contributed by atoms with van der Waals surface area (Å²) >= 11 is 1.56. The molecule has 23 heavy (non-hydrogen) atoms. The predicted octanol–water partition coefficient (Wildman–Crippen LogP) is 4.70. The molecule has 2 nitrogen and oxygen atoms in total. The zero-order valence-corrected chi connectivity index (χ0v) is 13.5. The normalized spacial score (nSPS) is 11.3. The molecule has 2 rings (SSSR count). The molecule has 0 heterocycles. The van der Waals surface area contributed by atoms with Crippen molar-refractivity contribution in [3.05, 3.63) is 65.2 Å². The minimum atomic E-state index is -4.43. The summed E-state index contributed by atoms with van der Waals surface area (Å²) in [6.45, 7) is -0.0984. The molecule has 0 aliphatic carbocycles. The maximum atomic E-state index is 13.0.